The molecule has 0 heterocycles. The highest BCUT2D eigenvalue weighted by Crippen LogP contribution is 2.36. The van der Waals surface area contributed by atoms with Gasteiger partial charge in [0.1, 0.15) is 5.75 Å². The summed E-state index contributed by atoms with van der Waals surface area (Å²) in [6.07, 6.45) is -4.80. The Morgan fingerprint density at radius 2 is 1.89 bits per heavy atom. The molecule has 0 fully saturated rings. The number of carbonyl (C=O) groups excluding carboxylic acids is 1. The largest absolute Gasteiger partial charge is 0.484 e. The van der Waals surface area contributed by atoms with Gasteiger partial charge in [-0.1, -0.05) is 17.7 Å². The first kappa shape index (κ1) is 21.8. The zero-order chi connectivity index (χ0) is 20.9. The maximum Gasteiger partial charge on any atom is 0.417 e. The summed E-state index contributed by atoms with van der Waals surface area (Å²) in [5.41, 5.74) is -1.20. The van der Waals surface area contributed by atoms with Crippen molar-refractivity contribution < 1.29 is 31.1 Å². The van der Waals surface area contributed by atoms with E-state index < -0.39 is 31.7 Å². The number of carbonyl (C=O) groups is 1. The molecule has 28 heavy (non-hydrogen) atoms. The quantitative estimate of drug-likeness (QED) is 0.693. The number of anilines is 1. The molecule has 0 aliphatic heterocycles. The van der Waals surface area contributed by atoms with Gasteiger partial charge in [-0.2, -0.15) is 13.2 Å². The molecule has 0 aromatic heterocycles. The molecule has 2 aromatic rings. The van der Waals surface area contributed by atoms with Crippen LogP contribution in [0.3, 0.4) is 0 Å². The first-order valence-corrected chi connectivity index (χ1v) is 9.78. The van der Waals surface area contributed by atoms with Gasteiger partial charge in [-0.05, 0) is 37.3 Å². The second-order valence-corrected chi connectivity index (χ2v) is 7.60. The topological polar surface area (TPSA) is 84.5 Å². The van der Waals surface area contributed by atoms with Crippen molar-refractivity contribution in [2.45, 2.75) is 18.0 Å². The molecule has 0 saturated carbocycles. The zero-order valence-corrected chi connectivity index (χ0v) is 16.1. The Balaban J connectivity index is 2.21. The maximum absolute atomic E-state index is 13.0. The second-order valence-electron chi connectivity index (χ2n) is 5.51. The third kappa shape index (κ3) is 5.77. The van der Waals surface area contributed by atoms with Crippen LogP contribution in [0.1, 0.15) is 12.5 Å². The zero-order valence-electron chi connectivity index (χ0n) is 14.5. The predicted molar refractivity (Wildman–Crippen MR) is 97.9 cm³/mol. The Labute approximate surface area is 164 Å². The number of alkyl halides is 3. The summed E-state index contributed by atoms with van der Waals surface area (Å²) in [7, 11) is -4.31. The lowest BCUT2D eigenvalue weighted by atomic mass is 10.2. The van der Waals surface area contributed by atoms with Crippen LogP contribution >= 0.6 is 11.6 Å². The van der Waals surface area contributed by atoms with Crippen LogP contribution in [0.5, 0.6) is 5.75 Å². The molecule has 6 nitrogen and oxygen atoms in total. The van der Waals surface area contributed by atoms with Crippen molar-refractivity contribution in [2.75, 3.05) is 17.9 Å². The minimum atomic E-state index is -4.80. The van der Waals surface area contributed by atoms with E-state index in [0.29, 0.717) is 12.6 Å². The maximum atomic E-state index is 13.0. The van der Waals surface area contributed by atoms with Crippen LogP contribution in [0.4, 0.5) is 18.9 Å². The lowest BCUT2D eigenvalue weighted by Gasteiger charge is -2.13. The highest BCUT2D eigenvalue weighted by atomic mass is 35.5. The number of rotatable bonds is 7. The van der Waals surface area contributed by atoms with Crippen molar-refractivity contribution in [1.29, 1.82) is 0 Å². The van der Waals surface area contributed by atoms with Crippen LogP contribution in [-0.2, 0) is 21.0 Å². The smallest absolute Gasteiger partial charge is 0.417 e. The Morgan fingerprint density at radius 3 is 2.54 bits per heavy atom. The molecule has 0 radical (unpaired) electrons. The average Bonchev–Trinajstić information content (AvgIpc) is 2.59. The number of hydrogen-bond donors (Lipinski definition) is 2. The van der Waals surface area contributed by atoms with Crippen LogP contribution in [0.25, 0.3) is 0 Å². The number of ether oxygens (including phenoxy) is 1. The fourth-order valence-corrected chi connectivity index (χ4v) is 3.45. The molecule has 0 bridgehead atoms. The molecule has 0 spiro atoms. The molecule has 2 N–H and O–H groups in total. The monoisotopic (exact) mass is 436 g/mol. The van der Waals surface area contributed by atoms with Crippen LogP contribution in [0.2, 0.25) is 5.02 Å². The summed E-state index contributed by atoms with van der Waals surface area (Å²) >= 11 is 5.51. The predicted octanol–water partition coefficient (Wildman–Crippen LogP) is 3.67. The Bertz CT molecular complexity index is 965. The molecule has 0 saturated heterocycles. The van der Waals surface area contributed by atoms with Crippen molar-refractivity contribution in [2.24, 2.45) is 0 Å². The fourth-order valence-electron chi connectivity index (χ4n) is 2.15. The van der Waals surface area contributed by atoms with Gasteiger partial charge in [0.2, 0.25) is 0 Å². The third-order valence-electron chi connectivity index (χ3n) is 3.38. The number of halogens is 4. The number of nitrogens with one attached hydrogen (secondary N) is 2. The Hall–Kier alpha value is -2.46. The first-order chi connectivity index (χ1) is 13.0. The highest BCUT2D eigenvalue weighted by Gasteiger charge is 2.34. The molecule has 2 aromatic carbocycles. The van der Waals surface area contributed by atoms with Crippen molar-refractivity contribution >= 4 is 33.2 Å². The number of amides is 1. The van der Waals surface area contributed by atoms with Crippen LogP contribution in [0.15, 0.2) is 47.4 Å². The Kier molecular flexibility index (Phi) is 6.78. The minimum Gasteiger partial charge on any atom is -0.484 e. The van der Waals surface area contributed by atoms with E-state index in [0.717, 1.165) is 12.1 Å². The van der Waals surface area contributed by atoms with Crippen LogP contribution in [0, 0.1) is 0 Å². The SMILES string of the molecule is CCNC(=O)COc1cccc(NS(=O)(=O)c2ccc(Cl)c(C(F)(F)F)c2)c1. The number of hydrogen-bond acceptors (Lipinski definition) is 4. The van der Waals surface area contributed by atoms with E-state index in [1.165, 1.54) is 24.3 Å². The van der Waals surface area contributed by atoms with E-state index in [-0.39, 0.29) is 24.0 Å². The Morgan fingerprint density at radius 1 is 1.18 bits per heavy atom. The molecule has 11 heteroatoms. The molecular weight excluding hydrogens is 421 g/mol. The normalized spacial score (nSPS) is 11.8. The van der Waals surface area contributed by atoms with Crippen LogP contribution < -0.4 is 14.8 Å². The average molecular weight is 437 g/mol. The first-order valence-electron chi connectivity index (χ1n) is 7.92. The molecule has 0 atom stereocenters. The van der Waals surface area contributed by atoms with Gasteiger partial charge in [0.05, 0.1) is 21.2 Å². The summed E-state index contributed by atoms with van der Waals surface area (Å²) in [5, 5.41) is 1.93. The minimum absolute atomic E-state index is 0.0527. The fraction of sp³-hybridized carbons (Fsp3) is 0.235. The summed E-state index contributed by atoms with van der Waals surface area (Å²) in [5.74, 6) is -0.145. The molecule has 2 rings (SSSR count). The van der Waals surface area contributed by atoms with Gasteiger partial charge in [-0.3, -0.25) is 9.52 Å². The molecule has 152 valence electrons. The van der Waals surface area contributed by atoms with E-state index in [1.807, 2.05) is 0 Å². The number of sulfonamides is 1. The van der Waals surface area contributed by atoms with E-state index in [1.54, 1.807) is 6.92 Å². The lowest BCUT2D eigenvalue weighted by molar-refractivity contribution is -0.137. The van der Waals surface area contributed by atoms with E-state index in [4.69, 9.17) is 16.3 Å². The highest BCUT2D eigenvalue weighted by molar-refractivity contribution is 7.92. The number of likely N-dealkylation sites (N-methyl/N-ethyl adjacent to an activating group) is 1. The molecule has 0 aliphatic rings. The summed E-state index contributed by atoms with van der Waals surface area (Å²) in [4.78, 5) is 10.8. The number of benzene rings is 2. The van der Waals surface area contributed by atoms with Gasteiger partial charge in [-0.25, -0.2) is 8.42 Å². The van der Waals surface area contributed by atoms with Gasteiger partial charge < -0.3 is 10.1 Å². The summed E-state index contributed by atoms with van der Waals surface area (Å²) in [6, 6.07) is 7.95. The van der Waals surface area contributed by atoms with Gasteiger partial charge in [-0.15, -0.1) is 0 Å². The van der Waals surface area contributed by atoms with Crippen LogP contribution in [-0.4, -0.2) is 27.5 Å². The van der Waals surface area contributed by atoms with E-state index in [9.17, 15) is 26.4 Å². The van der Waals surface area contributed by atoms with Gasteiger partial charge in [0, 0.05) is 12.6 Å². The third-order valence-corrected chi connectivity index (χ3v) is 5.09. The summed E-state index contributed by atoms with van der Waals surface area (Å²) < 4.78 is 71.1. The van der Waals surface area contributed by atoms with Gasteiger partial charge in [0.25, 0.3) is 15.9 Å². The summed E-state index contributed by atoms with van der Waals surface area (Å²) in [6.45, 7) is 1.91. The molecule has 0 aliphatic carbocycles. The molecule has 0 unspecified atom stereocenters. The molecular formula is C17H16ClF3N2O4S. The van der Waals surface area contributed by atoms with E-state index in [2.05, 4.69) is 10.0 Å². The van der Waals surface area contributed by atoms with Gasteiger partial charge in [0.15, 0.2) is 6.61 Å². The standard InChI is InChI=1S/C17H16ClF3N2O4S/c1-2-22-16(24)10-27-12-5-3-4-11(8-12)23-28(25,26)13-6-7-15(18)14(9-13)17(19,20)21/h3-9,23H,2,10H2,1H3,(H,22,24). The van der Waals surface area contributed by atoms with Crippen molar-refractivity contribution in [3.63, 3.8) is 0 Å². The van der Waals surface area contributed by atoms with E-state index >= 15 is 0 Å². The lowest BCUT2D eigenvalue weighted by Crippen LogP contribution is -2.28. The van der Waals surface area contributed by atoms with Crippen molar-refractivity contribution in [1.82, 2.24) is 5.32 Å². The molecule has 1 amide bonds. The van der Waals surface area contributed by atoms with Crippen molar-refractivity contribution in [3.8, 4) is 5.75 Å². The van der Waals surface area contributed by atoms with Crippen molar-refractivity contribution in [3.05, 3.63) is 53.1 Å². The second kappa shape index (κ2) is 8.70. The van der Waals surface area contributed by atoms with Gasteiger partial charge >= 0.3 is 6.18 Å².